The summed E-state index contributed by atoms with van der Waals surface area (Å²) in [5.74, 6) is 3.24. The molecule has 6 unspecified atom stereocenters. The zero-order valence-corrected chi connectivity index (χ0v) is 21.5. The Morgan fingerprint density at radius 2 is 1.91 bits per heavy atom. The lowest BCUT2D eigenvalue weighted by Gasteiger charge is -2.61. The number of ether oxygens (including phenoxy) is 1. The van der Waals surface area contributed by atoms with Crippen LogP contribution < -0.4 is 4.74 Å². The number of carbonyl (C=O) groups is 2. The van der Waals surface area contributed by atoms with E-state index in [-0.39, 0.29) is 29.1 Å². The number of benzene rings is 1. The van der Waals surface area contributed by atoms with Gasteiger partial charge in [-0.2, -0.15) is 0 Å². The van der Waals surface area contributed by atoms with Gasteiger partial charge in [-0.05, 0) is 116 Å². The van der Waals surface area contributed by atoms with Gasteiger partial charge in [0, 0.05) is 12.3 Å². The van der Waals surface area contributed by atoms with Crippen LogP contribution in [0.4, 0.5) is 0 Å². The fraction of sp³-hybridized carbons (Fsp3) is 0.667. The van der Waals surface area contributed by atoms with Gasteiger partial charge in [0.05, 0.1) is 5.02 Å². The quantitative estimate of drug-likeness (QED) is 0.460. The molecule has 1 aromatic rings. The minimum absolute atomic E-state index is 0.0667. The predicted molar refractivity (Wildman–Crippen MR) is 134 cm³/mol. The van der Waals surface area contributed by atoms with Crippen molar-refractivity contribution in [3.8, 4) is 5.75 Å². The first kappa shape index (κ1) is 22.8. The molecule has 1 spiro atoms. The molecule has 0 aliphatic heterocycles. The fourth-order valence-electron chi connectivity index (χ4n) is 9.45. The summed E-state index contributed by atoms with van der Waals surface area (Å²) in [7, 11) is 0. The molecule has 0 radical (unpaired) electrons. The zero-order valence-electron chi connectivity index (χ0n) is 20.8. The van der Waals surface area contributed by atoms with Gasteiger partial charge in [-0.25, -0.2) is 0 Å². The van der Waals surface area contributed by atoms with Crippen molar-refractivity contribution >= 4 is 23.2 Å². The van der Waals surface area contributed by atoms with Gasteiger partial charge in [-0.3, -0.25) is 9.59 Å². The second-order valence-corrected chi connectivity index (χ2v) is 13.1. The lowest BCUT2D eigenvalue weighted by Crippen LogP contribution is -2.56. The van der Waals surface area contributed by atoms with Crippen LogP contribution in [0.1, 0.15) is 77.2 Å². The van der Waals surface area contributed by atoms with E-state index in [2.05, 4.69) is 13.8 Å². The number of carbonyl (C=O) groups excluding carboxylic acids is 2. The summed E-state index contributed by atoms with van der Waals surface area (Å²) in [6, 6.07) is 5.73. The largest absolute Gasteiger partial charge is 0.484 e. The average Bonchev–Trinajstić information content (AvgIpc) is 3.44. The van der Waals surface area contributed by atoms with Crippen LogP contribution in [-0.4, -0.2) is 18.2 Å². The summed E-state index contributed by atoms with van der Waals surface area (Å²) in [6.45, 7) is 7.02. The number of fused-ring (bicyclic) bond motifs is 6. The third-order valence-corrected chi connectivity index (χ3v) is 11.2. The first-order chi connectivity index (χ1) is 16.2. The summed E-state index contributed by atoms with van der Waals surface area (Å²) < 4.78 is 5.94. The Balaban J connectivity index is 1.25. The van der Waals surface area contributed by atoms with Crippen LogP contribution in [0.2, 0.25) is 5.02 Å². The second kappa shape index (κ2) is 7.69. The van der Waals surface area contributed by atoms with Crippen LogP contribution in [0.15, 0.2) is 29.8 Å². The number of hydrogen-bond acceptors (Lipinski definition) is 3. The van der Waals surface area contributed by atoms with Gasteiger partial charge in [-0.15, -0.1) is 0 Å². The molecule has 0 bridgehead atoms. The van der Waals surface area contributed by atoms with Crippen LogP contribution >= 0.6 is 11.6 Å². The summed E-state index contributed by atoms with van der Waals surface area (Å²) in [6.07, 6.45) is 11.9. The van der Waals surface area contributed by atoms with E-state index in [0.717, 1.165) is 31.2 Å². The average molecular weight is 481 g/mol. The number of rotatable bonds is 4. The number of allylic oxidation sites excluding steroid dienone is 1. The van der Waals surface area contributed by atoms with Crippen molar-refractivity contribution < 1.29 is 14.3 Å². The number of hydrogen-bond donors (Lipinski definition) is 0. The number of aryl methyl sites for hydroxylation is 1. The van der Waals surface area contributed by atoms with E-state index in [9.17, 15) is 9.59 Å². The van der Waals surface area contributed by atoms with Gasteiger partial charge < -0.3 is 4.74 Å². The maximum absolute atomic E-state index is 13.6. The van der Waals surface area contributed by atoms with Gasteiger partial charge in [0.15, 0.2) is 11.6 Å². The Morgan fingerprint density at radius 1 is 1.12 bits per heavy atom. The molecule has 182 valence electrons. The van der Waals surface area contributed by atoms with E-state index in [0.29, 0.717) is 46.1 Å². The first-order valence-electron chi connectivity index (χ1n) is 13.3. The van der Waals surface area contributed by atoms with Crippen LogP contribution in [0.25, 0.3) is 0 Å². The number of halogens is 1. The Labute approximate surface area is 208 Å². The normalized spacial score (nSPS) is 39.6. The minimum atomic E-state index is 0.0667. The molecule has 0 aromatic heterocycles. The SMILES string of the molecule is Cc1ccc(OCC(=O)C2CCC3C4CCC5=CC(=O)CCC5(C)C4C4(CC4)CC23C)c(Cl)c1. The van der Waals surface area contributed by atoms with Gasteiger partial charge in [0.1, 0.15) is 12.4 Å². The lowest BCUT2D eigenvalue weighted by atomic mass is 9.42. The van der Waals surface area contributed by atoms with Crippen molar-refractivity contribution in [2.24, 2.45) is 39.9 Å². The number of Topliss-reactive ketones (excluding diaryl/α,β-unsaturated/α-hetero) is 1. The van der Waals surface area contributed by atoms with Crippen LogP contribution in [0, 0.1) is 46.8 Å². The van der Waals surface area contributed by atoms with Crippen LogP contribution in [0.5, 0.6) is 5.75 Å². The minimum Gasteiger partial charge on any atom is -0.484 e. The molecule has 5 aliphatic rings. The van der Waals surface area contributed by atoms with Gasteiger partial charge >= 0.3 is 0 Å². The van der Waals surface area contributed by atoms with Crippen LogP contribution in [-0.2, 0) is 9.59 Å². The molecule has 0 amide bonds. The molecule has 1 aromatic carbocycles. The maximum atomic E-state index is 13.6. The van der Waals surface area contributed by atoms with E-state index in [4.69, 9.17) is 16.3 Å². The lowest BCUT2D eigenvalue weighted by molar-refractivity contribution is -0.139. The van der Waals surface area contributed by atoms with Crippen molar-refractivity contribution in [3.05, 3.63) is 40.4 Å². The summed E-state index contributed by atoms with van der Waals surface area (Å²) in [4.78, 5) is 25.8. The predicted octanol–water partition coefficient (Wildman–Crippen LogP) is 7.13. The van der Waals surface area contributed by atoms with Gasteiger partial charge in [-0.1, -0.05) is 37.1 Å². The van der Waals surface area contributed by atoms with Crippen molar-refractivity contribution in [2.45, 2.75) is 78.6 Å². The van der Waals surface area contributed by atoms with E-state index in [1.54, 1.807) is 0 Å². The Hall–Kier alpha value is -1.61. The Morgan fingerprint density at radius 3 is 2.65 bits per heavy atom. The highest BCUT2D eigenvalue weighted by atomic mass is 35.5. The van der Waals surface area contributed by atoms with Gasteiger partial charge in [0.25, 0.3) is 0 Å². The molecule has 6 atom stereocenters. The fourth-order valence-corrected chi connectivity index (χ4v) is 9.74. The first-order valence-corrected chi connectivity index (χ1v) is 13.7. The Kier molecular flexibility index (Phi) is 5.16. The van der Waals surface area contributed by atoms with E-state index in [1.807, 2.05) is 31.2 Å². The van der Waals surface area contributed by atoms with E-state index >= 15 is 0 Å². The standard InChI is InChI=1S/C30H37ClO3/c1-18-4-9-26(24(31)14-18)34-16-25(33)23-8-7-22-21-6-5-19-15-20(32)10-11-28(19,2)27(21)30(12-13-30)17-29(22,23)3/h4,9,14-15,21-23,27H,5-8,10-13,16-17H2,1-3H3. The van der Waals surface area contributed by atoms with Crippen molar-refractivity contribution in [1.29, 1.82) is 0 Å². The molecular weight excluding hydrogens is 444 g/mol. The molecule has 6 rings (SSSR count). The molecule has 3 nitrogen and oxygen atoms in total. The molecular formula is C30H37ClO3. The van der Waals surface area contributed by atoms with Gasteiger partial charge in [0.2, 0.25) is 0 Å². The van der Waals surface area contributed by atoms with E-state index < -0.39 is 0 Å². The highest BCUT2D eigenvalue weighted by molar-refractivity contribution is 6.32. The van der Waals surface area contributed by atoms with Crippen molar-refractivity contribution in [2.75, 3.05) is 6.61 Å². The monoisotopic (exact) mass is 480 g/mol. The molecule has 0 N–H and O–H groups in total. The second-order valence-electron chi connectivity index (χ2n) is 12.7. The smallest absolute Gasteiger partial charge is 0.173 e. The maximum Gasteiger partial charge on any atom is 0.173 e. The summed E-state index contributed by atoms with van der Waals surface area (Å²) >= 11 is 6.35. The number of ketones is 2. The van der Waals surface area contributed by atoms with E-state index in [1.165, 1.54) is 31.3 Å². The van der Waals surface area contributed by atoms with Crippen LogP contribution in [0.3, 0.4) is 0 Å². The molecule has 4 saturated carbocycles. The molecule has 5 aliphatic carbocycles. The summed E-state index contributed by atoms with van der Waals surface area (Å²) in [5, 5.41) is 0.575. The third-order valence-electron chi connectivity index (χ3n) is 10.9. The third kappa shape index (κ3) is 3.29. The molecule has 0 saturated heterocycles. The molecule has 4 heteroatoms. The Bertz CT molecular complexity index is 1080. The highest BCUT2D eigenvalue weighted by Crippen LogP contribution is 2.77. The highest BCUT2D eigenvalue weighted by Gasteiger charge is 2.70. The molecule has 4 fully saturated rings. The summed E-state index contributed by atoms with van der Waals surface area (Å²) in [5.41, 5.74) is 3.14. The topological polar surface area (TPSA) is 43.4 Å². The van der Waals surface area contributed by atoms with Crippen molar-refractivity contribution in [3.63, 3.8) is 0 Å². The van der Waals surface area contributed by atoms with Crippen molar-refractivity contribution in [1.82, 2.24) is 0 Å². The molecule has 34 heavy (non-hydrogen) atoms. The zero-order chi connectivity index (χ0) is 23.9. The molecule has 0 heterocycles.